The van der Waals surface area contributed by atoms with E-state index in [9.17, 15) is 14.4 Å². The number of thioether (sulfide) groups is 1. The van der Waals surface area contributed by atoms with E-state index in [-0.39, 0.29) is 13.2 Å². The Kier molecular flexibility index (Phi) is 7.64. The van der Waals surface area contributed by atoms with E-state index in [0.29, 0.717) is 26.1 Å². The number of ether oxygens (including phenoxy) is 2. The summed E-state index contributed by atoms with van der Waals surface area (Å²) in [6, 6.07) is 12.3. The van der Waals surface area contributed by atoms with Gasteiger partial charge >= 0.3 is 11.9 Å². The Hall–Kier alpha value is -2.91. The van der Waals surface area contributed by atoms with Gasteiger partial charge in [-0.15, -0.1) is 11.8 Å². The van der Waals surface area contributed by atoms with Crippen molar-refractivity contribution >= 4 is 51.2 Å². The fourth-order valence-corrected chi connectivity index (χ4v) is 4.78. The summed E-state index contributed by atoms with van der Waals surface area (Å²) in [5.74, 6) is -0.471. The quantitative estimate of drug-likeness (QED) is 0.394. The van der Waals surface area contributed by atoms with E-state index in [1.54, 1.807) is 53.6 Å². The Morgan fingerprint density at radius 3 is 2.61 bits per heavy atom. The molecule has 0 bridgehead atoms. The summed E-state index contributed by atoms with van der Waals surface area (Å²) >= 11 is 2.79. The molecule has 0 saturated heterocycles. The van der Waals surface area contributed by atoms with Gasteiger partial charge in [0.15, 0.2) is 4.80 Å². The van der Waals surface area contributed by atoms with Crippen LogP contribution in [0, 0.1) is 0 Å². The van der Waals surface area contributed by atoms with Gasteiger partial charge < -0.3 is 14.0 Å². The number of carbonyl (C=O) groups excluding carboxylic acids is 3. The first-order valence-corrected chi connectivity index (χ1v) is 11.5. The maximum absolute atomic E-state index is 13.0. The Bertz CT molecular complexity index is 1200. The van der Waals surface area contributed by atoms with Crippen LogP contribution in [0.5, 0.6) is 0 Å². The van der Waals surface area contributed by atoms with Gasteiger partial charge in [0.2, 0.25) is 0 Å². The van der Waals surface area contributed by atoms with Gasteiger partial charge in [-0.1, -0.05) is 30.4 Å². The fraction of sp³-hybridized carbons (Fsp3) is 0.273. The predicted molar refractivity (Wildman–Crippen MR) is 121 cm³/mol. The minimum absolute atomic E-state index is 0.104. The van der Waals surface area contributed by atoms with E-state index >= 15 is 0 Å². The Morgan fingerprint density at radius 2 is 1.90 bits per heavy atom. The third kappa shape index (κ3) is 5.23. The third-order valence-electron chi connectivity index (χ3n) is 4.32. The van der Waals surface area contributed by atoms with E-state index < -0.39 is 17.8 Å². The Labute approximate surface area is 187 Å². The van der Waals surface area contributed by atoms with Crippen LogP contribution >= 0.6 is 23.1 Å². The molecule has 0 N–H and O–H groups in total. The summed E-state index contributed by atoms with van der Waals surface area (Å²) in [5.41, 5.74) is 1.57. The number of hydrogen-bond donors (Lipinski definition) is 0. The lowest BCUT2D eigenvalue weighted by atomic mass is 10.2. The molecule has 1 amide bonds. The molecule has 162 valence electrons. The molecule has 0 spiro atoms. The highest BCUT2D eigenvalue weighted by Crippen LogP contribution is 2.24. The maximum atomic E-state index is 13.0. The number of amides is 1. The van der Waals surface area contributed by atoms with Crippen LogP contribution in [0.15, 0.2) is 52.4 Å². The van der Waals surface area contributed by atoms with Crippen LogP contribution in [0.4, 0.5) is 0 Å². The van der Waals surface area contributed by atoms with Crippen LogP contribution < -0.4 is 4.80 Å². The molecule has 31 heavy (non-hydrogen) atoms. The summed E-state index contributed by atoms with van der Waals surface area (Å²) in [6.45, 7) is 3.92. The molecule has 0 aliphatic rings. The number of aromatic nitrogens is 1. The van der Waals surface area contributed by atoms with Crippen LogP contribution in [-0.4, -0.2) is 41.9 Å². The molecule has 3 rings (SSSR count). The highest BCUT2D eigenvalue weighted by Gasteiger charge is 2.16. The first-order valence-electron chi connectivity index (χ1n) is 9.66. The first kappa shape index (κ1) is 22.8. The van der Waals surface area contributed by atoms with Gasteiger partial charge in [0.1, 0.15) is 6.54 Å². The van der Waals surface area contributed by atoms with E-state index in [1.165, 1.54) is 18.4 Å². The lowest BCUT2D eigenvalue weighted by Gasteiger charge is -2.06. The fourth-order valence-electron chi connectivity index (χ4n) is 2.92. The zero-order valence-corrected chi connectivity index (χ0v) is 19.0. The van der Waals surface area contributed by atoms with Crippen molar-refractivity contribution in [2.45, 2.75) is 25.3 Å². The van der Waals surface area contributed by atoms with Crippen molar-refractivity contribution in [3.63, 3.8) is 0 Å². The van der Waals surface area contributed by atoms with Gasteiger partial charge in [-0.05, 0) is 43.0 Å². The molecule has 0 aliphatic carbocycles. The second-order valence-corrected chi connectivity index (χ2v) is 8.61. The highest BCUT2D eigenvalue weighted by molar-refractivity contribution is 7.99. The zero-order chi connectivity index (χ0) is 22.4. The van der Waals surface area contributed by atoms with Gasteiger partial charge in [-0.25, -0.2) is 4.79 Å². The highest BCUT2D eigenvalue weighted by atomic mass is 32.2. The lowest BCUT2D eigenvalue weighted by molar-refractivity contribution is -0.141. The second-order valence-electron chi connectivity index (χ2n) is 6.30. The molecule has 0 radical (unpaired) electrons. The summed E-state index contributed by atoms with van der Waals surface area (Å²) in [7, 11) is 1.30. The van der Waals surface area contributed by atoms with Crippen molar-refractivity contribution < 1.29 is 23.9 Å². The van der Waals surface area contributed by atoms with Crippen LogP contribution in [0.2, 0.25) is 0 Å². The van der Waals surface area contributed by atoms with Crippen molar-refractivity contribution in [1.29, 1.82) is 0 Å². The summed E-state index contributed by atoms with van der Waals surface area (Å²) in [6.07, 6.45) is 0. The zero-order valence-electron chi connectivity index (χ0n) is 17.4. The van der Waals surface area contributed by atoms with Crippen LogP contribution in [0.25, 0.3) is 10.2 Å². The van der Waals surface area contributed by atoms with Crippen LogP contribution in [0.1, 0.15) is 34.6 Å². The SMILES string of the molecule is CCOC(=O)c1ccc2c(c1)sc(=NC(=O)c1ccccc1SCC)n2CC(=O)OC. The van der Waals surface area contributed by atoms with E-state index in [2.05, 4.69) is 4.99 Å². The van der Waals surface area contributed by atoms with Crippen molar-refractivity contribution in [3.05, 3.63) is 58.4 Å². The van der Waals surface area contributed by atoms with Crippen LogP contribution in [-0.2, 0) is 20.8 Å². The molecule has 0 atom stereocenters. The number of thiazole rings is 1. The standard InChI is InChI=1S/C22H22N2O5S2/c1-4-29-21(27)14-10-11-16-18(12-14)31-22(24(16)13-19(25)28-3)23-20(26)15-8-6-7-9-17(15)30-5-2/h6-12H,4-5,13H2,1-3H3. The average Bonchev–Trinajstić information content (AvgIpc) is 3.10. The van der Waals surface area contributed by atoms with Crippen molar-refractivity contribution in [2.75, 3.05) is 19.5 Å². The van der Waals surface area contributed by atoms with Crippen LogP contribution in [0.3, 0.4) is 0 Å². The van der Waals surface area contributed by atoms with Crippen molar-refractivity contribution in [1.82, 2.24) is 4.57 Å². The number of esters is 2. The van der Waals surface area contributed by atoms with Gasteiger partial charge in [0.25, 0.3) is 5.91 Å². The average molecular weight is 459 g/mol. The summed E-state index contributed by atoms with van der Waals surface area (Å²) in [4.78, 5) is 42.6. The number of fused-ring (bicyclic) bond motifs is 1. The molecule has 0 aliphatic heterocycles. The molecule has 1 heterocycles. The molecular weight excluding hydrogens is 436 g/mol. The number of carbonyl (C=O) groups is 3. The van der Waals surface area contributed by atoms with Gasteiger partial charge in [0, 0.05) is 4.90 Å². The van der Waals surface area contributed by atoms with Gasteiger partial charge in [-0.2, -0.15) is 4.99 Å². The van der Waals surface area contributed by atoms with Crippen molar-refractivity contribution in [2.24, 2.45) is 4.99 Å². The van der Waals surface area contributed by atoms with E-state index in [0.717, 1.165) is 10.6 Å². The number of rotatable bonds is 7. The monoisotopic (exact) mass is 458 g/mol. The molecule has 3 aromatic rings. The third-order valence-corrected chi connectivity index (χ3v) is 6.32. The molecular formula is C22H22N2O5S2. The Balaban J connectivity index is 2.13. The lowest BCUT2D eigenvalue weighted by Crippen LogP contribution is -2.22. The molecule has 2 aromatic carbocycles. The van der Waals surface area contributed by atoms with E-state index in [1.807, 2.05) is 19.1 Å². The van der Waals surface area contributed by atoms with E-state index in [4.69, 9.17) is 9.47 Å². The second kappa shape index (κ2) is 10.4. The molecule has 7 nitrogen and oxygen atoms in total. The van der Waals surface area contributed by atoms with Gasteiger partial charge in [-0.3, -0.25) is 9.59 Å². The van der Waals surface area contributed by atoms with Gasteiger partial charge in [0.05, 0.1) is 35.1 Å². The molecule has 0 fully saturated rings. The molecule has 1 aromatic heterocycles. The number of hydrogen-bond acceptors (Lipinski definition) is 7. The first-order chi connectivity index (χ1) is 15.0. The largest absolute Gasteiger partial charge is 0.468 e. The Morgan fingerprint density at radius 1 is 1.13 bits per heavy atom. The molecule has 9 heteroatoms. The number of nitrogens with zero attached hydrogens (tertiary/aromatic N) is 2. The summed E-state index contributed by atoms with van der Waals surface area (Å²) < 4.78 is 12.2. The summed E-state index contributed by atoms with van der Waals surface area (Å²) in [5, 5.41) is 0. The topological polar surface area (TPSA) is 87.0 Å². The predicted octanol–water partition coefficient (Wildman–Crippen LogP) is 3.91. The maximum Gasteiger partial charge on any atom is 0.338 e. The molecule has 0 saturated carbocycles. The van der Waals surface area contributed by atoms with Crippen molar-refractivity contribution in [3.8, 4) is 0 Å². The number of benzene rings is 2. The smallest absolute Gasteiger partial charge is 0.338 e. The normalized spacial score (nSPS) is 11.5. The minimum atomic E-state index is -0.468. The molecule has 0 unspecified atom stereocenters. The minimum Gasteiger partial charge on any atom is -0.468 e. The number of methoxy groups -OCH3 is 1.